The second kappa shape index (κ2) is 5.51. The van der Waals surface area contributed by atoms with Gasteiger partial charge in [-0.2, -0.15) is 0 Å². The summed E-state index contributed by atoms with van der Waals surface area (Å²) in [6.07, 6.45) is 1.22. The summed E-state index contributed by atoms with van der Waals surface area (Å²) >= 11 is 0. The number of nitrogens with one attached hydrogen (secondary N) is 1. The first kappa shape index (κ1) is 14.4. The summed E-state index contributed by atoms with van der Waals surface area (Å²) < 4.78 is 32.9. The van der Waals surface area contributed by atoms with Crippen LogP contribution in [0.2, 0.25) is 0 Å². The Balaban J connectivity index is 2.26. The van der Waals surface area contributed by atoms with Crippen molar-refractivity contribution >= 4 is 21.6 Å². The lowest BCUT2D eigenvalue weighted by atomic mass is 10.2. The Labute approximate surface area is 116 Å². The molecule has 0 aliphatic carbocycles. The molecule has 0 aromatic heterocycles. The number of hydrogen-bond donors (Lipinski definition) is 2. The largest absolute Gasteiger partial charge is 0.494 e. The van der Waals surface area contributed by atoms with E-state index in [4.69, 9.17) is 14.6 Å². The van der Waals surface area contributed by atoms with Crippen molar-refractivity contribution in [3.05, 3.63) is 35.8 Å². The highest BCUT2D eigenvalue weighted by molar-refractivity contribution is 7.89. The maximum absolute atomic E-state index is 11.9. The van der Waals surface area contributed by atoms with Gasteiger partial charge in [-0.05, 0) is 24.6 Å². The number of sulfonamides is 1. The molecule has 0 radical (unpaired) electrons. The molecule has 1 heterocycles. The zero-order valence-electron chi connectivity index (χ0n) is 10.8. The summed E-state index contributed by atoms with van der Waals surface area (Å²) in [7, 11) is -3.84. The number of hydrogen-bond acceptors (Lipinski definition) is 5. The highest BCUT2D eigenvalue weighted by Gasteiger charge is 2.18. The van der Waals surface area contributed by atoms with Crippen molar-refractivity contribution in [2.75, 3.05) is 18.5 Å². The van der Waals surface area contributed by atoms with Crippen molar-refractivity contribution in [1.82, 2.24) is 0 Å². The van der Waals surface area contributed by atoms with E-state index >= 15 is 0 Å². The van der Waals surface area contributed by atoms with Gasteiger partial charge in [0.05, 0.1) is 4.90 Å². The molecule has 1 aromatic rings. The maximum atomic E-state index is 11.9. The molecule has 1 aliphatic heterocycles. The van der Waals surface area contributed by atoms with E-state index in [-0.39, 0.29) is 17.3 Å². The first-order valence-electron chi connectivity index (χ1n) is 5.78. The van der Waals surface area contributed by atoms with Gasteiger partial charge < -0.3 is 14.8 Å². The number of rotatable bonds is 3. The van der Waals surface area contributed by atoms with E-state index in [2.05, 4.69) is 5.32 Å². The van der Waals surface area contributed by atoms with Crippen LogP contribution in [0.3, 0.4) is 0 Å². The van der Waals surface area contributed by atoms with Gasteiger partial charge in [-0.1, -0.05) is 6.07 Å². The third kappa shape index (κ3) is 3.09. The van der Waals surface area contributed by atoms with Crippen LogP contribution in [0.1, 0.15) is 5.56 Å². The lowest BCUT2D eigenvalue weighted by Gasteiger charge is -2.16. The van der Waals surface area contributed by atoms with Crippen LogP contribution >= 0.6 is 0 Å². The molecular weight excluding hydrogens is 284 g/mol. The van der Waals surface area contributed by atoms with Crippen LogP contribution in [-0.2, 0) is 24.3 Å². The van der Waals surface area contributed by atoms with E-state index in [1.54, 1.807) is 13.0 Å². The van der Waals surface area contributed by atoms with Crippen LogP contribution in [0.15, 0.2) is 35.1 Å². The Kier molecular flexibility index (Phi) is 3.96. The van der Waals surface area contributed by atoms with Crippen molar-refractivity contribution < 1.29 is 22.7 Å². The molecule has 2 rings (SSSR count). The summed E-state index contributed by atoms with van der Waals surface area (Å²) in [5, 5.41) is 7.66. The van der Waals surface area contributed by atoms with E-state index < -0.39 is 15.9 Å². The summed E-state index contributed by atoms with van der Waals surface area (Å²) in [5.74, 6) is -0.476. The molecule has 0 bridgehead atoms. The third-order valence-corrected chi connectivity index (χ3v) is 3.77. The van der Waals surface area contributed by atoms with Gasteiger partial charge in [0, 0.05) is 5.69 Å². The minimum atomic E-state index is -3.84. The van der Waals surface area contributed by atoms with Crippen LogP contribution in [-0.4, -0.2) is 27.5 Å². The molecule has 108 valence electrons. The lowest BCUT2D eigenvalue weighted by molar-refractivity contribution is -0.117. The van der Waals surface area contributed by atoms with Gasteiger partial charge in [0.1, 0.15) is 19.5 Å². The monoisotopic (exact) mass is 298 g/mol. The molecule has 1 aliphatic rings. The molecule has 8 heteroatoms. The van der Waals surface area contributed by atoms with Gasteiger partial charge in [-0.25, -0.2) is 13.6 Å². The zero-order chi connectivity index (χ0) is 14.8. The van der Waals surface area contributed by atoms with Crippen molar-refractivity contribution in [2.45, 2.75) is 11.8 Å². The van der Waals surface area contributed by atoms with Crippen molar-refractivity contribution in [3.8, 4) is 0 Å². The van der Waals surface area contributed by atoms with E-state index in [1.807, 2.05) is 0 Å². The second-order valence-corrected chi connectivity index (χ2v) is 5.66. The van der Waals surface area contributed by atoms with Crippen LogP contribution in [0, 0.1) is 6.92 Å². The molecule has 0 unspecified atom stereocenters. The Morgan fingerprint density at radius 2 is 2.10 bits per heavy atom. The number of nitrogens with two attached hydrogens (primary N) is 1. The SMILES string of the molecule is Cc1c(NC(=O)C2=COCCO2)cccc1S(N)(=O)=O. The van der Waals surface area contributed by atoms with E-state index in [0.717, 1.165) is 0 Å². The number of carbonyl (C=O) groups excluding carboxylic acids is 1. The van der Waals surface area contributed by atoms with Crippen LogP contribution in [0.4, 0.5) is 5.69 Å². The summed E-state index contributed by atoms with van der Waals surface area (Å²) in [4.78, 5) is 11.9. The predicted octanol–water partition coefficient (Wildman–Crippen LogP) is 0.469. The topological polar surface area (TPSA) is 108 Å². The summed E-state index contributed by atoms with van der Waals surface area (Å²) in [6, 6.07) is 4.45. The normalized spacial score (nSPS) is 14.8. The fourth-order valence-electron chi connectivity index (χ4n) is 1.73. The number of amides is 1. The molecule has 0 atom stereocenters. The molecule has 0 spiro atoms. The highest BCUT2D eigenvalue weighted by Crippen LogP contribution is 2.22. The Hall–Kier alpha value is -2.06. The molecule has 3 N–H and O–H groups in total. The molecule has 1 amide bonds. The Morgan fingerprint density at radius 3 is 2.70 bits per heavy atom. The van der Waals surface area contributed by atoms with Gasteiger partial charge in [-0.15, -0.1) is 0 Å². The van der Waals surface area contributed by atoms with E-state index in [9.17, 15) is 13.2 Å². The average Bonchev–Trinajstić information content (AvgIpc) is 2.40. The van der Waals surface area contributed by atoms with Crippen LogP contribution in [0.5, 0.6) is 0 Å². The Morgan fingerprint density at radius 1 is 1.35 bits per heavy atom. The smallest absolute Gasteiger partial charge is 0.294 e. The highest BCUT2D eigenvalue weighted by atomic mass is 32.2. The number of ether oxygens (including phenoxy) is 2. The first-order chi connectivity index (χ1) is 9.39. The minimum absolute atomic E-state index is 0.0370. The van der Waals surface area contributed by atoms with Crippen molar-refractivity contribution in [1.29, 1.82) is 0 Å². The summed E-state index contributed by atoms with van der Waals surface area (Å²) in [5.41, 5.74) is 0.706. The molecule has 0 saturated carbocycles. The number of primary sulfonamides is 1. The predicted molar refractivity (Wildman–Crippen MR) is 71.2 cm³/mol. The van der Waals surface area contributed by atoms with E-state index in [0.29, 0.717) is 17.9 Å². The van der Waals surface area contributed by atoms with E-state index in [1.165, 1.54) is 18.4 Å². The molecule has 0 saturated heterocycles. The molecule has 1 aromatic carbocycles. The average molecular weight is 298 g/mol. The van der Waals surface area contributed by atoms with Gasteiger partial charge >= 0.3 is 0 Å². The molecule has 7 nitrogen and oxygen atoms in total. The fourth-order valence-corrected chi connectivity index (χ4v) is 2.53. The quantitative estimate of drug-likeness (QED) is 0.843. The fraction of sp³-hybridized carbons (Fsp3) is 0.250. The van der Waals surface area contributed by atoms with Gasteiger partial charge in [0.2, 0.25) is 15.8 Å². The van der Waals surface area contributed by atoms with Crippen LogP contribution in [0.25, 0.3) is 0 Å². The minimum Gasteiger partial charge on any atom is -0.494 e. The standard InChI is InChI=1S/C12H14N2O5S/c1-8-9(3-2-4-11(8)20(13,16)17)14-12(15)10-7-18-5-6-19-10/h2-4,7H,5-6H2,1H3,(H,14,15)(H2,13,16,17). The maximum Gasteiger partial charge on any atom is 0.294 e. The van der Waals surface area contributed by atoms with Crippen LogP contribution < -0.4 is 10.5 Å². The molecule has 20 heavy (non-hydrogen) atoms. The van der Waals surface area contributed by atoms with Gasteiger partial charge in [-0.3, -0.25) is 4.79 Å². The van der Waals surface area contributed by atoms with Gasteiger partial charge in [0.25, 0.3) is 5.91 Å². The second-order valence-electron chi connectivity index (χ2n) is 4.13. The lowest BCUT2D eigenvalue weighted by Crippen LogP contribution is -2.22. The number of anilines is 1. The zero-order valence-corrected chi connectivity index (χ0v) is 11.6. The number of carbonyl (C=O) groups is 1. The summed E-state index contributed by atoms with van der Waals surface area (Å²) in [6.45, 7) is 2.23. The van der Waals surface area contributed by atoms with Crippen molar-refractivity contribution in [2.24, 2.45) is 5.14 Å². The number of benzene rings is 1. The van der Waals surface area contributed by atoms with Crippen molar-refractivity contribution in [3.63, 3.8) is 0 Å². The third-order valence-electron chi connectivity index (χ3n) is 2.71. The molecular formula is C12H14N2O5S. The van der Waals surface area contributed by atoms with Gasteiger partial charge in [0.15, 0.2) is 0 Å². The first-order valence-corrected chi connectivity index (χ1v) is 7.32. The Bertz CT molecular complexity index is 666. The molecule has 0 fully saturated rings.